The minimum Gasteiger partial charge on any atom is -0.427 e. The minimum absolute atomic E-state index is 0.0900. The summed E-state index contributed by atoms with van der Waals surface area (Å²) in [6.07, 6.45) is -15.0. The van der Waals surface area contributed by atoms with E-state index in [9.17, 15) is 46.0 Å². The molecule has 2 aliphatic carbocycles. The van der Waals surface area contributed by atoms with Crippen LogP contribution in [-0.2, 0) is 23.7 Å². The molecular weight excluding hydrogens is 564 g/mol. The van der Waals surface area contributed by atoms with E-state index in [1.165, 1.54) is 7.11 Å². The first-order valence-electron chi connectivity index (χ1n) is 14.9. The molecule has 10 N–H and O–H groups in total. The average molecular weight is 612 g/mol. The number of hydrogen-bond acceptors (Lipinski definition) is 14. The second kappa shape index (κ2) is 13.8. The molecule has 0 amide bonds. The Morgan fingerprint density at radius 1 is 0.738 bits per heavy atom. The molecule has 3 aliphatic heterocycles. The van der Waals surface area contributed by atoms with Gasteiger partial charge in [0.15, 0.2) is 24.8 Å². The van der Waals surface area contributed by atoms with Crippen LogP contribution < -0.4 is 0 Å². The van der Waals surface area contributed by atoms with Crippen LogP contribution in [0.5, 0.6) is 0 Å². The maximum absolute atomic E-state index is 11.0. The van der Waals surface area contributed by atoms with Crippen molar-refractivity contribution in [3.63, 3.8) is 0 Å². The van der Waals surface area contributed by atoms with E-state index in [2.05, 4.69) is 0 Å². The van der Waals surface area contributed by atoms with Gasteiger partial charge in [-0.3, -0.25) is 0 Å². The number of aliphatic hydroxyl groups is 11. The van der Waals surface area contributed by atoms with E-state index in [4.69, 9.17) is 28.4 Å². The van der Waals surface area contributed by atoms with E-state index in [-0.39, 0.29) is 31.0 Å². The van der Waals surface area contributed by atoms with Gasteiger partial charge in [0.05, 0.1) is 43.5 Å². The molecule has 18 atom stereocenters. The standard InChI is InChI=1S/C27H46O15/c1-37-17-4-10(2-3-13(17)30)24-18(7-12-14(31)5-11(29)6-16(12)39-24)40-27-25(22(35)21(34)19(8-28)41-27)42-26-23(36)20(33)15(32)9-38-26/h10-36H,2-9H2,1H3/p+1. The summed E-state index contributed by atoms with van der Waals surface area (Å²) in [5.41, 5.74) is 0. The average Bonchev–Trinajstić information content (AvgIpc) is 2.97. The zero-order chi connectivity index (χ0) is 30.3. The number of ether oxygens (including phenoxy) is 6. The Morgan fingerprint density at radius 3 is 2.21 bits per heavy atom. The van der Waals surface area contributed by atoms with Crippen LogP contribution in [0.15, 0.2) is 0 Å². The molecule has 0 bridgehead atoms. The summed E-state index contributed by atoms with van der Waals surface area (Å²) in [5.74, 6) is -0.415. The normalized spacial score (nSPS) is 53.9. The summed E-state index contributed by atoms with van der Waals surface area (Å²) in [6.45, 7) is -1.00. The molecule has 18 unspecified atom stereocenters. The Kier molecular flexibility index (Phi) is 10.8. The fourth-order valence-electron chi connectivity index (χ4n) is 7.28. The highest BCUT2D eigenvalue weighted by Gasteiger charge is 2.56. The maximum Gasteiger partial charge on any atom is 0.187 e. The van der Waals surface area contributed by atoms with Crippen LogP contribution in [0.3, 0.4) is 0 Å². The van der Waals surface area contributed by atoms with Crippen molar-refractivity contribution >= 4 is 0 Å². The van der Waals surface area contributed by atoms with Crippen LogP contribution in [0.2, 0.25) is 0 Å². The summed E-state index contributed by atoms with van der Waals surface area (Å²) in [6, 6.07) is 0. The number of aliphatic hydroxyl groups excluding tert-OH is 9. The van der Waals surface area contributed by atoms with Crippen molar-refractivity contribution in [3.05, 3.63) is 0 Å². The van der Waals surface area contributed by atoms with E-state index in [0.29, 0.717) is 32.1 Å². The van der Waals surface area contributed by atoms with E-state index in [0.717, 1.165) is 0 Å². The highest BCUT2D eigenvalue weighted by atomic mass is 16.8. The SMILES string of the molecule is COC1CC(C2[OH+]C3CC(O)CC(O)C3CC2OC2OC(CO)C(O)C(O)C2OC2OCC(O)C(O)C2O)CCC1O. The van der Waals surface area contributed by atoms with Gasteiger partial charge in [-0.05, 0) is 25.7 Å². The lowest BCUT2D eigenvalue weighted by Gasteiger charge is -2.49. The highest BCUT2D eigenvalue weighted by molar-refractivity contribution is 4.99. The van der Waals surface area contributed by atoms with Crippen molar-refractivity contribution in [3.8, 4) is 0 Å². The van der Waals surface area contributed by atoms with Gasteiger partial charge in [0.1, 0.15) is 48.8 Å². The van der Waals surface area contributed by atoms with Gasteiger partial charge < -0.3 is 74.4 Å². The zero-order valence-corrected chi connectivity index (χ0v) is 23.6. The van der Waals surface area contributed by atoms with Gasteiger partial charge in [-0.1, -0.05) is 0 Å². The molecule has 3 heterocycles. The Hall–Kier alpha value is -0.600. The van der Waals surface area contributed by atoms with Gasteiger partial charge in [-0.25, -0.2) is 0 Å². The first-order valence-corrected chi connectivity index (χ1v) is 14.9. The van der Waals surface area contributed by atoms with Gasteiger partial charge in [0.2, 0.25) is 0 Å². The molecule has 3 saturated heterocycles. The van der Waals surface area contributed by atoms with Crippen LogP contribution in [0.1, 0.15) is 38.5 Å². The summed E-state index contributed by atoms with van der Waals surface area (Å²) in [5, 5.41) is 93.4. The topological polar surface area (TPSA) is 241 Å². The Morgan fingerprint density at radius 2 is 1.50 bits per heavy atom. The van der Waals surface area contributed by atoms with Crippen LogP contribution in [0, 0.1) is 11.8 Å². The summed E-state index contributed by atoms with van der Waals surface area (Å²) in [4.78, 5) is 0. The van der Waals surface area contributed by atoms with E-state index >= 15 is 0 Å². The third kappa shape index (κ3) is 6.66. The number of rotatable bonds is 7. The van der Waals surface area contributed by atoms with Gasteiger partial charge in [-0.15, -0.1) is 0 Å². The fourth-order valence-corrected chi connectivity index (χ4v) is 7.28. The molecule has 0 aromatic heterocycles. The fraction of sp³-hybridized carbons (Fsp3) is 1.00. The van der Waals surface area contributed by atoms with Gasteiger partial charge in [0, 0.05) is 25.9 Å². The monoisotopic (exact) mass is 611 g/mol. The van der Waals surface area contributed by atoms with Gasteiger partial charge >= 0.3 is 0 Å². The molecule has 42 heavy (non-hydrogen) atoms. The van der Waals surface area contributed by atoms with Crippen LogP contribution in [-0.4, -0.2) is 169 Å². The molecule has 15 heteroatoms. The Bertz CT molecular complexity index is 867. The van der Waals surface area contributed by atoms with Crippen molar-refractivity contribution in [1.29, 1.82) is 0 Å². The molecule has 15 nitrogen and oxygen atoms in total. The third-order valence-electron chi connectivity index (χ3n) is 9.73. The molecule has 244 valence electrons. The largest absolute Gasteiger partial charge is 0.427 e. The third-order valence-corrected chi connectivity index (χ3v) is 9.73. The van der Waals surface area contributed by atoms with Crippen molar-refractivity contribution in [2.75, 3.05) is 20.3 Å². The molecule has 0 aromatic carbocycles. The lowest BCUT2D eigenvalue weighted by molar-refractivity contribution is -0.381. The first-order chi connectivity index (χ1) is 20.0. The summed E-state index contributed by atoms with van der Waals surface area (Å²) in [7, 11) is 1.53. The van der Waals surface area contributed by atoms with Crippen molar-refractivity contribution in [2.45, 2.75) is 137 Å². The lowest BCUT2D eigenvalue weighted by atomic mass is 9.72. The lowest BCUT2D eigenvalue weighted by Crippen LogP contribution is -2.65. The maximum atomic E-state index is 11.0. The van der Waals surface area contributed by atoms with Crippen molar-refractivity contribution in [2.24, 2.45) is 11.8 Å². The van der Waals surface area contributed by atoms with Crippen LogP contribution in [0.4, 0.5) is 0 Å². The van der Waals surface area contributed by atoms with Gasteiger partial charge in [-0.2, -0.15) is 0 Å². The highest BCUT2D eigenvalue weighted by Crippen LogP contribution is 2.42. The second-order valence-electron chi connectivity index (χ2n) is 12.4. The van der Waals surface area contributed by atoms with E-state index < -0.39 is 98.5 Å². The smallest absolute Gasteiger partial charge is 0.187 e. The molecule has 0 aromatic rings. The minimum atomic E-state index is -1.68. The molecule has 0 spiro atoms. The van der Waals surface area contributed by atoms with Crippen molar-refractivity contribution in [1.82, 2.24) is 0 Å². The summed E-state index contributed by atoms with van der Waals surface area (Å²) >= 11 is 0. The van der Waals surface area contributed by atoms with Crippen LogP contribution >= 0.6 is 0 Å². The first kappa shape index (κ1) is 32.8. The number of hydrogen-bond donors (Lipinski definition) is 9. The second-order valence-corrected chi connectivity index (χ2v) is 12.4. The molecule has 5 fully saturated rings. The molecular formula is C27H47O15+. The zero-order valence-electron chi connectivity index (χ0n) is 23.6. The predicted octanol–water partition coefficient (Wildman–Crippen LogP) is -4.39. The number of methoxy groups -OCH3 is 1. The number of fused-ring (bicyclic) bond motifs is 1. The van der Waals surface area contributed by atoms with Crippen LogP contribution in [0.25, 0.3) is 0 Å². The van der Waals surface area contributed by atoms with E-state index in [1.807, 2.05) is 0 Å². The molecule has 2 saturated carbocycles. The van der Waals surface area contributed by atoms with Crippen molar-refractivity contribution < 1.29 is 74.4 Å². The molecule has 0 radical (unpaired) electrons. The Labute approximate surface area is 243 Å². The predicted molar refractivity (Wildman–Crippen MR) is 139 cm³/mol. The van der Waals surface area contributed by atoms with E-state index in [1.54, 1.807) is 0 Å². The Balaban J connectivity index is 1.40. The molecule has 5 aliphatic rings. The quantitative estimate of drug-likeness (QED) is 0.124. The summed E-state index contributed by atoms with van der Waals surface area (Å²) < 4.78 is 34.0. The van der Waals surface area contributed by atoms with Gasteiger partial charge in [0.25, 0.3) is 0 Å². The molecule has 5 rings (SSSR count).